The van der Waals surface area contributed by atoms with Crippen LogP contribution in [0, 0.1) is 11.8 Å². The summed E-state index contributed by atoms with van der Waals surface area (Å²) in [6.45, 7) is -0.130. The van der Waals surface area contributed by atoms with E-state index in [9.17, 15) is 22.8 Å². The van der Waals surface area contributed by atoms with Crippen molar-refractivity contribution in [1.29, 1.82) is 0 Å². The Labute approximate surface area is 198 Å². The average Bonchev–Trinajstić information content (AvgIpc) is 3.24. The molecule has 2 aliphatic heterocycles. The third-order valence-electron chi connectivity index (χ3n) is 5.56. The van der Waals surface area contributed by atoms with E-state index in [2.05, 4.69) is 15.3 Å². The van der Waals surface area contributed by atoms with E-state index in [0.29, 0.717) is 22.7 Å². The highest BCUT2D eigenvalue weighted by Crippen LogP contribution is 2.44. The zero-order valence-corrected chi connectivity index (χ0v) is 18.2. The van der Waals surface area contributed by atoms with Gasteiger partial charge >= 0.3 is 12.1 Å². The molecule has 3 heterocycles. The van der Waals surface area contributed by atoms with Crippen molar-refractivity contribution in [3.63, 3.8) is 0 Å². The summed E-state index contributed by atoms with van der Waals surface area (Å²) in [5.41, 5.74) is 5.91. The van der Waals surface area contributed by atoms with Crippen molar-refractivity contribution in [2.24, 2.45) is 16.8 Å². The number of pyridine rings is 1. The number of amides is 1. The minimum Gasteiger partial charge on any atom is -0.481 e. The summed E-state index contributed by atoms with van der Waals surface area (Å²) < 4.78 is 46.8. The first kappa shape index (κ1) is 24.0. The van der Waals surface area contributed by atoms with E-state index < -0.39 is 35.5 Å². The maximum absolute atomic E-state index is 13.8. The fourth-order valence-electron chi connectivity index (χ4n) is 3.80. The van der Waals surface area contributed by atoms with Crippen molar-refractivity contribution in [2.45, 2.75) is 12.6 Å². The lowest BCUT2D eigenvalue weighted by Crippen LogP contribution is -2.24. The minimum atomic E-state index is -4.66. The fraction of sp³-hybridized carbons (Fsp3) is 0.250. The Morgan fingerprint density at radius 1 is 1.31 bits per heavy atom. The van der Waals surface area contributed by atoms with E-state index in [4.69, 9.17) is 15.6 Å². The van der Waals surface area contributed by atoms with Gasteiger partial charge in [-0.3, -0.25) is 14.6 Å². The first-order chi connectivity index (χ1) is 16.6. The summed E-state index contributed by atoms with van der Waals surface area (Å²) in [6, 6.07) is 3.27. The lowest BCUT2D eigenvalue weighted by Gasteiger charge is -2.24. The monoisotopic (exact) mass is 486 g/mol. The van der Waals surface area contributed by atoms with Crippen molar-refractivity contribution in [3.05, 3.63) is 76.9 Å². The smallest absolute Gasteiger partial charge is 0.419 e. The molecule has 1 aromatic rings. The lowest BCUT2D eigenvalue weighted by molar-refractivity contribution is -0.139. The van der Waals surface area contributed by atoms with Gasteiger partial charge in [-0.15, -0.1) is 0 Å². The zero-order chi connectivity index (χ0) is 25.2. The molecular formula is C24H21F3N4O4. The summed E-state index contributed by atoms with van der Waals surface area (Å²) in [5.74, 6) is -2.66. The van der Waals surface area contributed by atoms with E-state index in [1.807, 2.05) is 0 Å². The second-order valence-electron chi connectivity index (χ2n) is 8.09. The Balaban J connectivity index is 1.44. The Hall–Kier alpha value is -4.15. The number of aromatic nitrogens is 1. The van der Waals surface area contributed by atoms with Crippen molar-refractivity contribution in [1.82, 2.24) is 10.3 Å². The van der Waals surface area contributed by atoms with Gasteiger partial charge in [-0.1, -0.05) is 6.08 Å². The number of carbonyl (C=O) groups is 2. The molecule has 182 valence electrons. The van der Waals surface area contributed by atoms with Gasteiger partial charge in [0, 0.05) is 18.2 Å². The van der Waals surface area contributed by atoms with E-state index in [1.165, 1.54) is 30.5 Å². The standard InChI is InChI=1S/C24H21F3N4O4/c25-24(26,27)18-9-15(19-4-3-14(11-29-19)23(33)34)7-16-8-17(35-22(16)18)12-31-21(32)6-2-13-1-5-20(28)30-10-13/h1-6,8-10,14,16H,7,11-12H2,(H2,28,30)(H,31,32)(H,33,34). The number of rotatable bonds is 6. The number of carbonyl (C=O) groups excluding carboxylic acids is 1. The number of nitrogens with two attached hydrogens (primary N) is 1. The molecule has 0 saturated carbocycles. The van der Waals surface area contributed by atoms with Crippen LogP contribution in [-0.2, 0) is 14.3 Å². The number of ether oxygens (including phenoxy) is 1. The van der Waals surface area contributed by atoms with Crippen LogP contribution in [0.15, 0.2) is 76.4 Å². The van der Waals surface area contributed by atoms with Crippen LogP contribution in [-0.4, -0.2) is 46.9 Å². The molecule has 1 amide bonds. The maximum atomic E-state index is 13.8. The maximum Gasteiger partial charge on any atom is 0.419 e. The number of hydrogen-bond acceptors (Lipinski definition) is 6. The lowest BCUT2D eigenvalue weighted by atomic mass is 9.85. The van der Waals surface area contributed by atoms with Crippen LogP contribution in [0.1, 0.15) is 12.0 Å². The molecule has 1 aliphatic carbocycles. The largest absolute Gasteiger partial charge is 0.481 e. The van der Waals surface area contributed by atoms with Crippen LogP contribution in [0.3, 0.4) is 0 Å². The number of anilines is 1. The van der Waals surface area contributed by atoms with Crippen molar-refractivity contribution in [2.75, 3.05) is 18.8 Å². The van der Waals surface area contributed by atoms with Crippen molar-refractivity contribution < 1.29 is 32.6 Å². The molecule has 0 saturated heterocycles. The summed E-state index contributed by atoms with van der Waals surface area (Å²) in [5, 5.41) is 11.7. The molecule has 3 aliphatic rings. The fourth-order valence-corrected chi connectivity index (χ4v) is 3.80. The summed E-state index contributed by atoms with van der Waals surface area (Å²) in [4.78, 5) is 31.3. The Morgan fingerprint density at radius 2 is 2.11 bits per heavy atom. The van der Waals surface area contributed by atoms with Gasteiger partial charge in [0.05, 0.1) is 30.3 Å². The molecular weight excluding hydrogens is 465 g/mol. The number of nitrogens with one attached hydrogen (secondary N) is 1. The molecule has 0 radical (unpaired) electrons. The predicted octanol–water partition coefficient (Wildman–Crippen LogP) is 3.18. The van der Waals surface area contributed by atoms with Crippen LogP contribution in [0.2, 0.25) is 0 Å². The molecule has 0 aromatic carbocycles. The van der Waals surface area contributed by atoms with Crippen LogP contribution in [0.4, 0.5) is 19.0 Å². The van der Waals surface area contributed by atoms with E-state index >= 15 is 0 Å². The third kappa shape index (κ3) is 5.68. The van der Waals surface area contributed by atoms with Gasteiger partial charge in [0.2, 0.25) is 5.91 Å². The highest BCUT2D eigenvalue weighted by molar-refractivity contribution is 6.10. The number of aliphatic imine (C=N–C) groups is 1. The second-order valence-corrected chi connectivity index (χ2v) is 8.09. The van der Waals surface area contributed by atoms with Gasteiger partial charge in [0.15, 0.2) is 0 Å². The third-order valence-corrected chi connectivity index (χ3v) is 5.56. The number of dihydropyridines is 1. The summed E-state index contributed by atoms with van der Waals surface area (Å²) in [7, 11) is 0. The molecule has 4 rings (SSSR count). The number of nitrogen functional groups attached to an aromatic ring is 1. The Kier molecular flexibility index (Phi) is 6.59. The predicted molar refractivity (Wildman–Crippen MR) is 122 cm³/mol. The zero-order valence-electron chi connectivity index (χ0n) is 18.2. The molecule has 2 unspecified atom stereocenters. The highest BCUT2D eigenvalue weighted by atomic mass is 19.4. The SMILES string of the molecule is Nc1ccc(C=CC(=O)NCC2=CC3CC(C4=NCC(C(=O)O)C=C4)=CC(C(F)(F)F)=C3O2)cn1. The minimum absolute atomic E-state index is 0.0370. The number of carboxylic acids is 1. The van der Waals surface area contributed by atoms with Gasteiger partial charge < -0.3 is 20.9 Å². The molecule has 4 N–H and O–H groups in total. The first-order valence-electron chi connectivity index (χ1n) is 10.6. The quantitative estimate of drug-likeness (QED) is 0.530. The topological polar surface area (TPSA) is 127 Å². The van der Waals surface area contributed by atoms with Gasteiger partial charge in [0.25, 0.3) is 0 Å². The molecule has 0 fully saturated rings. The Bertz CT molecular complexity index is 1220. The molecule has 1 aromatic heterocycles. The number of halogens is 3. The van der Waals surface area contributed by atoms with E-state index in [-0.39, 0.29) is 31.0 Å². The van der Waals surface area contributed by atoms with Crippen LogP contribution < -0.4 is 11.1 Å². The highest BCUT2D eigenvalue weighted by Gasteiger charge is 2.43. The molecule has 11 heteroatoms. The number of nitrogens with zero attached hydrogens (tertiary/aromatic N) is 2. The molecule has 8 nitrogen and oxygen atoms in total. The van der Waals surface area contributed by atoms with Gasteiger partial charge in [0.1, 0.15) is 17.3 Å². The number of carboxylic acid groups (broad SMARTS) is 1. The number of hydrogen-bond donors (Lipinski definition) is 3. The van der Waals surface area contributed by atoms with Crippen LogP contribution in [0.5, 0.6) is 0 Å². The number of alkyl halides is 3. The van der Waals surface area contributed by atoms with E-state index in [1.54, 1.807) is 18.2 Å². The molecule has 0 spiro atoms. The number of aliphatic carboxylic acids is 1. The normalized spacial score (nSPS) is 21.7. The molecule has 2 atom stereocenters. The van der Waals surface area contributed by atoms with Gasteiger partial charge in [-0.25, -0.2) is 4.98 Å². The van der Waals surface area contributed by atoms with Gasteiger partial charge in [-0.05, 0) is 54.0 Å². The first-order valence-corrected chi connectivity index (χ1v) is 10.6. The molecule has 0 bridgehead atoms. The van der Waals surface area contributed by atoms with Crippen molar-refractivity contribution >= 4 is 29.5 Å². The summed E-state index contributed by atoms with van der Waals surface area (Å²) >= 11 is 0. The van der Waals surface area contributed by atoms with Crippen LogP contribution in [0.25, 0.3) is 6.08 Å². The average molecular weight is 486 g/mol. The number of allylic oxidation sites excluding steroid dienone is 5. The summed E-state index contributed by atoms with van der Waals surface area (Å²) in [6.07, 6.45) is 5.25. The van der Waals surface area contributed by atoms with E-state index in [0.717, 1.165) is 6.08 Å². The number of fused-ring (bicyclic) bond motifs is 1. The van der Waals surface area contributed by atoms with Crippen LogP contribution >= 0.6 is 0 Å². The van der Waals surface area contributed by atoms with Crippen molar-refractivity contribution in [3.8, 4) is 0 Å². The Morgan fingerprint density at radius 3 is 2.74 bits per heavy atom. The van der Waals surface area contributed by atoms with Gasteiger partial charge in [-0.2, -0.15) is 13.2 Å². The molecule has 35 heavy (non-hydrogen) atoms. The second kappa shape index (κ2) is 9.61.